The van der Waals surface area contributed by atoms with E-state index in [1.165, 1.54) is 11.1 Å². The van der Waals surface area contributed by atoms with Gasteiger partial charge in [-0.1, -0.05) is 152 Å². The molecule has 0 spiro atoms. The fourth-order valence-corrected chi connectivity index (χ4v) is 9.21. The van der Waals surface area contributed by atoms with E-state index in [0.29, 0.717) is 22.8 Å². The summed E-state index contributed by atoms with van der Waals surface area (Å²) in [5.41, 5.74) is 17.6. The van der Waals surface area contributed by atoms with Gasteiger partial charge in [-0.25, -0.2) is 4.98 Å². The zero-order valence-corrected chi connectivity index (χ0v) is 40.8. The Morgan fingerprint density at radius 2 is 1.21 bits per heavy atom. The van der Waals surface area contributed by atoms with Crippen molar-refractivity contribution in [3.05, 3.63) is 191 Å². The molecule has 2 aromatic heterocycles. The van der Waals surface area contributed by atoms with Crippen molar-refractivity contribution in [2.45, 2.75) is 92.8 Å². The Morgan fingerprint density at radius 3 is 1.88 bits per heavy atom. The first-order valence-corrected chi connectivity index (χ1v) is 23.2. The predicted octanol–water partition coefficient (Wildman–Crippen LogP) is 17.1. The minimum absolute atomic E-state index is 0.119. The lowest BCUT2D eigenvalue weighted by atomic mass is 9.79. The maximum absolute atomic E-state index is 9.14. The van der Waals surface area contributed by atoms with E-state index < -0.39 is 12.7 Å². The third-order valence-electron chi connectivity index (χ3n) is 13.0. The Labute approximate surface area is 404 Å². The van der Waals surface area contributed by atoms with Crippen molar-refractivity contribution in [3.8, 4) is 78.6 Å². The van der Waals surface area contributed by atoms with Gasteiger partial charge in [-0.15, -0.1) is 0 Å². The highest BCUT2D eigenvalue weighted by atomic mass is 16.5. The molecule has 0 aliphatic carbocycles. The van der Waals surface area contributed by atoms with Crippen LogP contribution in [-0.2, 0) is 10.8 Å². The van der Waals surface area contributed by atoms with Gasteiger partial charge >= 0.3 is 0 Å². The second kappa shape index (κ2) is 17.6. The summed E-state index contributed by atoms with van der Waals surface area (Å²) < 4.78 is 44.1. The lowest BCUT2D eigenvalue weighted by Gasteiger charge is -2.26. The van der Waals surface area contributed by atoms with Gasteiger partial charge in [0.25, 0.3) is 0 Å². The van der Waals surface area contributed by atoms with E-state index >= 15 is 0 Å². The molecule has 0 N–H and O–H groups in total. The minimum atomic E-state index is -2.49. The Hall–Kier alpha value is -7.04. The molecule has 0 radical (unpaired) electrons. The summed E-state index contributed by atoms with van der Waals surface area (Å²) in [7, 11) is 1.67. The molecule has 336 valence electrons. The van der Waals surface area contributed by atoms with E-state index in [9.17, 15) is 0 Å². The van der Waals surface area contributed by atoms with Crippen LogP contribution >= 0.6 is 0 Å². The first-order valence-electron chi connectivity index (χ1n) is 25.2. The number of hydrogen-bond acceptors (Lipinski definition) is 3. The molecule has 4 heteroatoms. The summed E-state index contributed by atoms with van der Waals surface area (Å²) >= 11 is 0. The molecule has 0 unspecified atom stereocenters. The number of pyridine rings is 1. The van der Waals surface area contributed by atoms with Crippen LogP contribution in [0.2, 0.25) is 0 Å². The van der Waals surface area contributed by atoms with Crippen LogP contribution in [0.5, 0.6) is 5.75 Å². The summed E-state index contributed by atoms with van der Waals surface area (Å²) in [6.45, 7) is 18.7. The van der Waals surface area contributed by atoms with E-state index in [1.54, 1.807) is 7.11 Å². The third-order valence-corrected chi connectivity index (χ3v) is 13.0. The van der Waals surface area contributed by atoms with Gasteiger partial charge in [-0.2, -0.15) is 0 Å². The molecule has 0 bridgehead atoms. The van der Waals surface area contributed by atoms with Crippen LogP contribution in [0, 0.1) is 20.7 Å². The highest BCUT2D eigenvalue weighted by molar-refractivity contribution is 5.98. The zero-order valence-electron chi connectivity index (χ0n) is 44.8. The van der Waals surface area contributed by atoms with Gasteiger partial charge in [0.05, 0.1) is 35.1 Å². The van der Waals surface area contributed by atoms with Crippen molar-refractivity contribution in [1.82, 2.24) is 14.5 Å². The zero-order chi connectivity index (χ0) is 50.8. The smallest absolute Gasteiger partial charge is 0.149 e. The summed E-state index contributed by atoms with van der Waals surface area (Å²) in [6, 6.07) is 52.2. The van der Waals surface area contributed by atoms with Gasteiger partial charge in [0.1, 0.15) is 11.6 Å². The summed E-state index contributed by atoms with van der Waals surface area (Å²) in [4.78, 5) is 10.5. The normalized spacial score (nSPS) is 13.2. The van der Waals surface area contributed by atoms with Gasteiger partial charge in [-0.3, -0.25) is 9.55 Å². The van der Waals surface area contributed by atoms with Gasteiger partial charge in [0.2, 0.25) is 0 Å². The molecule has 7 aromatic carbocycles. The second-order valence-electron chi connectivity index (χ2n) is 20.3. The number of fused-ring (bicyclic) bond motifs is 1. The molecular formula is C63H63N3O. The number of methoxy groups -OCH3 is 1. The molecule has 0 atom stereocenters. The molecule has 9 aromatic rings. The highest BCUT2D eigenvalue weighted by Gasteiger charge is 2.25. The number of imidazole rings is 1. The van der Waals surface area contributed by atoms with Crippen LogP contribution in [0.1, 0.15) is 100 Å². The van der Waals surface area contributed by atoms with Crippen molar-refractivity contribution in [1.29, 1.82) is 0 Å². The molecular weight excluding hydrogens is 815 g/mol. The standard InChI is InChI=1S/C63H63N3O/c1-39(2)43-21-23-45(24-22-43)47-27-28-64-56(37-47)51-33-48(44-17-14-13-15-18-44)32-50(34-51)54-19-16-20-58-59(54)65-61(55-30-40(3)29-42(5)60(55)67-12)66(58)57-26-25-46(31-41(57)4)49-35-52(62(6,7)8)38-53(36-49)63(9,10)11/h13-39H,1-12H3/i4D3,39D. The van der Waals surface area contributed by atoms with Crippen LogP contribution in [0.4, 0.5) is 0 Å². The topological polar surface area (TPSA) is 39.9 Å². The molecule has 0 saturated heterocycles. The number of aromatic nitrogens is 3. The quantitative estimate of drug-likeness (QED) is 0.145. The Morgan fingerprint density at radius 1 is 0.567 bits per heavy atom. The minimum Gasteiger partial charge on any atom is -0.496 e. The molecule has 9 rings (SSSR count). The maximum Gasteiger partial charge on any atom is 0.149 e. The second-order valence-corrected chi connectivity index (χ2v) is 20.3. The molecule has 0 aliphatic rings. The monoisotopic (exact) mass is 882 g/mol. The lowest BCUT2D eigenvalue weighted by molar-refractivity contribution is 0.413. The summed E-state index contributed by atoms with van der Waals surface area (Å²) in [6.07, 6.45) is 1.85. The SMILES string of the molecule is [2H]C([2H])([2H])c1cc(-c2cc(C(C)(C)C)cc(C(C)(C)C)c2)ccc1-n1c(-c2cc(C)cc(C)c2OC)nc2c(-c3cc(-c4ccccc4)cc(-c4cc(-c5ccc(C([2H])(C)C)cc5)ccn4)c3)cccc21. The number of nitrogens with zero attached hydrogens (tertiary/aromatic N) is 3. The van der Waals surface area contributed by atoms with Crippen molar-refractivity contribution >= 4 is 11.0 Å². The molecule has 67 heavy (non-hydrogen) atoms. The first kappa shape index (κ1) is 40.3. The van der Waals surface area contributed by atoms with Crippen LogP contribution in [0.25, 0.3) is 83.9 Å². The van der Waals surface area contributed by atoms with E-state index in [-0.39, 0.29) is 16.4 Å². The number of ether oxygens (including phenoxy) is 1. The maximum atomic E-state index is 9.14. The predicted molar refractivity (Wildman–Crippen MR) is 284 cm³/mol. The number of para-hydroxylation sites is 1. The molecule has 0 aliphatic heterocycles. The fourth-order valence-electron chi connectivity index (χ4n) is 9.21. The van der Waals surface area contributed by atoms with Crippen molar-refractivity contribution in [2.24, 2.45) is 0 Å². The molecule has 0 fully saturated rings. The molecule has 0 saturated carbocycles. The Kier molecular flexibility index (Phi) is 10.6. The van der Waals surface area contributed by atoms with Gasteiger partial charge in [0.15, 0.2) is 0 Å². The third kappa shape index (κ3) is 8.98. The Bertz CT molecular complexity index is 3420. The van der Waals surface area contributed by atoms with Crippen molar-refractivity contribution < 1.29 is 10.2 Å². The average Bonchev–Trinajstić information content (AvgIpc) is 3.72. The number of aryl methyl sites for hydroxylation is 3. The molecule has 2 heterocycles. The fraction of sp³-hybridized carbons (Fsp3) is 0.238. The summed E-state index contributed by atoms with van der Waals surface area (Å²) in [5, 5.41) is 0. The number of rotatable bonds is 9. The summed E-state index contributed by atoms with van der Waals surface area (Å²) in [5.74, 6) is 0.554. The largest absolute Gasteiger partial charge is 0.496 e. The van der Waals surface area contributed by atoms with E-state index in [1.807, 2.05) is 92.2 Å². The lowest BCUT2D eigenvalue weighted by Crippen LogP contribution is -2.16. The van der Waals surface area contributed by atoms with E-state index in [4.69, 9.17) is 20.2 Å². The van der Waals surface area contributed by atoms with Crippen LogP contribution < -0.4 is 4.74 Å². The Balaban J connectivity index is 1.29. The van der Waals surface area contributed by atoms with Crippen LogP contribution in [0.15, 0.2) is 158 Å². The van der Waals surface area contributed by atoms with Crippen LogP contribution in [0.3, 0.4) is 0 Å². The van der Waals surface area contributed by atoms with Crippen molar-refractivity contribution in [3.63, 3.8) is 0 Å². The number of hydrogen-bond donors (Lipinski definition) is 0. The van der Waals surface area contributed by atoms with E-state index in [2.05, 4.69) is 139 Å². The molecule has 0 amide bonds. The van der Waals surface area contributed by atoms with Crippen molar-refractivity contribution in [2.75, 3.05) is 7.11 Å². The molecule has 4 nitrogen and oxygen atoms in total. The van der Waals surface area contributed by atoms with Crippen LogP contribution in [-0.4, -0.2) is 21.6 Å². The first-order chi connectivity index (χ1) is 33.5. The van der Waals surface area contributed by atoms with Gasteiger partial charge < -0.3 is 4.74 Å². The number of benzene rings is 7. The highest BCUT2D eigenvalue weighted by Crippen LogP contribution is 2.43. The average molecular weight is 882 g/mol. The van der Waals surface area contributed by atoms with Gasteiger partial charge in [0, 0.05) is 22.8 Å². The van der Waals surface area contributed by atoms with Gasteiger partial charge in [-0.05, 0) is 164 Å². The van der Waals surface area contributed by atoms with E-state index in [0.717, 1.165) is 83.5 Å².